The van der Waals surface area contributed by atoms with Crippen LogP contribution in [0.3, 0.4) is 0 Å². The molecule has 1 spiro atoms. The van der Waals surface area contributed by atoms with E-state index < -0.39 is 0 Å². The first-order valence-electron chi connectivity index (χ1n) is 10.5. The minimum absolute atomic E-state index is 0.0591. The van der Waals surface area contributed by atoms with Gasteiger partial charge in [0.25, 0.3) is 5.91 Å². The summed E-state index contributed by atoms with van der Waals surface area (Å²) in [5.74, 6) is 1.03. The van der Waals surface area contributed by atoms with Crippen LogP contribution >= 0.6 is 11.6 Å². The van der Waals surface area contributed by atoms with Gasteiger partial charge in [0, 0.05) is 11.6 Å². The maximum atomic E-state index is 13.0. The van der Waals surface area contributed by atoms with E-state index >= 15 is 0 Å². The molecule has 27 heavy (non-hydrogen) atoms. The summed E-state index contributed by atoms with van der Waals surface area (Å²) in [4.78, 5) is 13.0. The minimum atomic E-state index is -0.0591. The number of hydrogen-bond donors (Lipinski definition) is 1. The molecule has 1 unspecified atom stereocenters. The quantitative estimate of drug-likeness (QED) is 0.571. The lowest BCUT2D eigenvalue weighted by atomic mass is 9.81. The Morgan fingerprint density at radius 3 is 2.63 bits per heavy atom. The van der Waals surface area contributed by atoms with Crippen LogP contribution in [0.5, 0.6) is 11.5 Å². The van der Waals surface area contributed by atoms with E-state index in [1.165, 1.54) is 38.5 Å². The second kappa shape index (κ2) is 9.18. The highest BCUT2D eigenvalue weighted by Gasteiger charge is 2.45. The Labute approximate surface area is 168 Å². The molecule has 1 atom stereocenters. The summed E-state index contributed by atoms with van der Waals surface area (Å²) in [6, 6.07) is 3.75. The van der Waals surface area contributed by atoms with Crippen molar-refractivity contribution in [1.29, 1.82) is 0 Å². The summed E-state index contributed by atoms with van der Waals surface area (Å²) in [6.07, 6.45) is 10.6. The third-order valence-electron chi connectivity index (χ3n) is 6.13. The van der Waals surface area contributed by atoms with Gasteiger partial charge < -0.3 is 14.8 Å². The Morgan fingerprint density at radius 2 is 1.93 bits per heavy atom. The van der Waals surface area contributed by atoms with Crippen LogP contribution in [0.15, 0.2) is 12.1 Å². The monoisotopic (exact) mass is 393 g/mol. The van der Waals surface area contributed by atoms with Crippen LogP contribution < -0.4 is 14.8 Å². The fourth-order valence-electron chi connectivity index (χ4n) is 4.70. The Hall–Kier alpha value is -1.42. The Kier molecular flexibility index (Phi) is 6.91. The van der Waals surface area contributed by atoms with E-state index in [1.807, 2.05) is 6.92 Å². The van der Waals surface area contributed by atoms with Crippen LogP contribution in [-0.4, -0.2) is 25.2 Å². The number of ether oxygens (including phenoxy) is 2. The molecule has 2 fully saturated rings. The second-order valence-electron chi connectivity index (χ2n) is 7.91. The van der Waals surface area contributed by atoms with E-state index in [9.17, 15) is 4.79 Å². The zero-order valence-electron chi connectivity index (χ0n) is 16.6. The normalized spacial score (nSPS) is 20.8. The molecule has 1 N–H and O–H groups in total. The zero-order valence-corrected chi connectivity index (χ0v) is 17.4. The summed E-state index contributed by atoms with van der Waals surface area (Å²) in [5, 5.41) is 3.74. The number of halogens is 1. The summed E-state index contributed by atoms with van der Waals surface area (Å²) >= 11 is 6.45. The number of carbonyl (C=O) groups excluding carboxylic acids is 1. The molecule has 0 bridgehead atoms. The van der Waals surface area contributed by atoms with Gasteiger partial charge in [-0.2, -0.15) is 0 Å². The van der Waals surface area contributed by atoms with Crippen molar-refractivity contribution in [3.63, 3.8) is 0 Å². The van der Waals surface area contributed by atoms with E-state index in [0.29, 0.717) is 40.7 Å². The first kappa shape index (κ1) is 20.3. The maximum absolute atomic E-state index is 13.0. The van der Waals surface area contributed by atoms with Crippen LogP contribution in [0, 0.1) is 5.41 Å². The SMILES string of the molecule is CCCCOc1c(Cl)cc(C(=O)NC2CCCC23CCCC3)cc1OCC. The number of hydrogen-bond acceptors (Lipinski definition) is 3. The molecule has 2 saturated carbocycles. The average Bonchev–Trinajstić information content (AvgIpc) is 3.28. The third-order valence-corrected chi connectivity index (χ3v) is 6.41. The van der Waals surface area contributed by atoms with Gasteiger partial charge in [-0.15, -0.1) is 0 Å². The van der Waals surface area contributed by atoms with Crippen LogP contribution in [0.4, 0.5) is 0 Å². The lowest BCUT2D eigenvalue weighted by Crippen LogP contribution is -2.43. The van der Waals surface area contributed by atoms with Crippen molar-refractivity contribution in [2.45, 2.75) is 77.7 Å². The lowest BCUT2D eigenvalue weighted by molar-refractivity contribution is 0.0897. The molecule has 1 aromatic carbocycles. The van der Waals surface area contributed by atoms with Crippen molar-refractivity contribution in [3.8, 4) is 11.5 Å². The van der Waals surface area contributed by atoms with Crippen molar-refractivity contribution < 1.29 is 14.3 Å². The largest absolute Gasteiger partial charge is 0.490 e. The molecule has 3 rings (SSSR count). The fourth-order valence-corrected chi connectivity index (χ4v) is 4.97. The Bertz CT molecular complexity index is 650. The molecule has 4 nitrogen and oxygen atoms in total. The molecule has 0 saturated heterocycles. The molecule has 2 aliphatic carbocycles. The van der Waals surface area contributed by atoms with Crippen molar-refractivity contribution in [2.75, 3.05) is 13.2 Å². The Balaban J connectivity index is 1.76. The van der Waals surface area contributed by atoms with Gasteiger partial charge in [0.2, 0.25) is 0 Å². The van der Waals surface area contributed by atoms with Gasteiger partial charge in [-0.25, -0.2) is 0 Å². The molecular formula is C22H32ClNO3. The van der Waals surface area contributed by atoms with Crippen LogP contribution in [0.2, 0.25) is 5.02 Å². The molecule has 1 aromatic rings. The maximum Gasteiger partial charge on any atom is 0.251 e. The van der Waals surface area contributed by atoms with Crippen molar-refractivity contribution in [2.24, 2.45) is 5.41 Å². The molecule has 0 heterocycles. The molecule has 150 valence electrons. The fraction of sp³-hybridized carbons (Fsp3) is 0.682. The summed E-state index contributed by atoms with van der Waals surface area (Å²) in [5.41, 5.74) is 0.872. The number of unbranched alkanes of at least 4 members (excludes halogenated alkanes) is 1. The highest BCUT2D eigenvalue weighted by molar-refractivity contribution is 6.32. The van der Waals surface area contributed by atoms with Gasteiger partial charge in [0.15, 0.2) is 11.5 Å². The topological polar surface area (TPSA) is 47.6 Å². The first-order chi connectivity index (χ1) is 13.1. The minimum Gasteiger partial charge on any atom is -0.490 e. The summed E-state index contributed by atoms with van der Waals surface area (Å²) < 4.78 is 11.5. The highest BCUT2D eigenvalue weighted by Crippen LogP contribution is 2.50. The van der Waals surface area contributed by atoms with E-state index in [4.69, 9.17) is 21.1 Å². The van der Waals surface area contributed by atoms with Gasteiger partial charge >= 0.3 is 0 Å². The summed E-state index contributed by atoms with van der Waals surface area (Å²) in [6.45, 7) is 5.12. The number of benzene rings is 1. The number of rotatable bonds is 8. The standard InChI is InChI=1S/C22H32ClNO3/c1-3-5-13-27-20-17(23)14-16(15-18(20)26-4-2)21(25)24-19-9-8-12-22(19)10-6-7-11-22/h14-15,19H,3-13H2,1-2H3,(H,24,25). The number of amides is 1. The van der Waals surface area contributed by atoms with Gasteiger partial charge in [-0.1, -0.05) is 44.2 Å². The molecule has 0 aliphatic heterocycles. The molecule has 5 heteroatoms. The van der Waals surface area contributed by atoms with Crippen molar-refractivity contribution in [1.82, 2.24) is 5.32 Å². The smallest absolute Gasteiger partial charge is 0.251 e. The summed E-state index contributed by atoms with van der Waals surface area (Å²) in [7, 11) is 0. The van der Waals surface area contributed by atoms with Gasteiger partial charge in [-0.3, -0.25) is 4.79 Å². The van der Waals surface area contributed by atoms with Crippen LogP contribution in [0.1, 0.15) is 82.0 Å². The third kappa shape index (κ3) is 4.53. The average molecular weight is 394 g/mol. The molecular weight excluding hydrogens is 362 g/mol. The van der Waals surface area contributed by atoms with E-state index in [-0.39, 0.29) is 11.9 Å². The lowest BCUT2D eigenvalue weighted by Gasteiger charge is -2.31. The van der Waals surface area contributed by atoms with Crippen LogP contribution in [0.25, 0.3) is 0 Å². The Morgan fingerprint density at radius 1 is 1.19 bits per heavy atom. The number of carbonyl (C=O) groups is 1. The van der Waals surface area contributed by atoms with Gasteiger partial charge in [-0.05, 0) is 56.6 Å². The van der Waals surface area contributed by atoms with Gasteiger partial charge in [0.05, 0.1) is 18.2 Å². The van der Waals surface area contributed by atoms with Crippen molar-refractivity contribution >= 4 is 17.5 Å². The zero-order chi connectivity index (χ0) is 19.3. The number of nitrogens with one attached hydrogen (secondary N) is 1. The van der Waals surface area contributed by atoms with Crippen LogP contribution in [-0.2, 0) is 0 Å². The predicted octanol–water partition coefficient (Wildman–Crippen LogP) is 5.76. The molecule has 0 radical (unpaired) electrons. The second-order valence-corrected chi connectivity index (χ2v) is 8.32. The van der Waals surface area contributed by atoms with Crippen molar-refractivity contribution in [3.05, 3.63) is 22.7 Å². The molecule has 2 aliphatic rings. The highest BCUT2D eigenvalue weighted by atomic mass is 35.5. The molecule has 1 amide bonds. The van der Waals surface area contributed by atoms with Gasteiger partial charge in [0.1, 0.15) is 0 Å². The first-order valence-corrected chi connectivity index (χ1v) is 10.9. The molecule has 0 aromatic heterocycles. The predicted molar refractivity (Wildman–Crippen MR) is 109 cm³/mol. The van der Waals surface area contributed by atoms with E-state index in [1.54, 1.807) is 12.1 Å². The van der Waals surface area contributed by atoms with E-state index in [0.717, 1.165) is 19.3 Å². The van der Waals surface area contributed by atoms with E-state index in [2.05, 4.69) is 12.2 Å².